The molecule has 1 aliphatic heterocycles. The number of aryl methyl sites for hydroxylation is 1. The summed E-state index contributed by atoms with van der Waals surface area (Å²) in [6.07, 6.45) is 2.29. The number of hydrogen-bond donors (Lipinski definition) is 1. The average Bonchev–Trinajstić information content (AvgIpc) is 2.32. The van der Waals surface area contributed by atoms with Crippen LogP contribution in [0, 0.1) is 13.8 Å². The van der Waals surface area contributed by atoms with Crippen LogP contribution < -0.4 is 5.32 Å². The van der Waals surface area contributed by atoms with Gasteiger partial charge in [0.15, 0.2) is 0 Å². The van der Waals surface area contributed by atoms with Crippen LogP contribution in [-0.4, -0.2) is 19.3 Å². The van der Waals surface area contributed by atoms with E-state index in [1.54, 1.807) is 0 Å². The van der Waals surface area contributed by atoms with Crippen LogP contribution in [0.1, 0.15) is 29.5 Å². The fourth-order valence-corrected chi connectivity index (χ4v) is 2.16. The lowest BCUT2D eigenvalue weighted by atomic mass is 10.0. The Bertz CT molecular complexity index is 343. The summed E-state index contributed by atoms with van der Waals surface area (Å²) in [6.45, 7) is 7.18. The molecule has 0 aromatic heterocycles. The van der Waals surface area contributed by atoms with Crippen molar-refractivity contribution < 1.29 is 4.74 Å². The molecule has 0 radical (unpaired) electrons. The molecule has 1 aromatic carbocycles. The summed E-state index contributed by atoms with van der Waals surface area (Å²) in [5.41, 5.74) is 4.22. The minimum Gasteiger partial charge on any atom is -0.381 e. The SMILES string of the molecule is Cc1cccc(CNC2CCOCC2)c1C. The van der Waals surface area contributed by atoms with Gasteiger partial charge in [-0.25, -0.2) is 0 Å². The number of nitrogens with one attached hydrogen (secondary N) is 1. The molecule has 0 aliphatic carbocycles. The molecule has 1 saturated heterocycles. The highest BCUT2D eigenvalue weighted by Crippen LogP contribution is 2.14. The Balaban J connectivity index is 1.91. The predicted octanol–water partition coefficient (Wildman–Crippen LogP) is 2.57. The van der Waals surface area contributed by atoms with Crippen molar-refractivity contribution in [3.05, 3.63) is 34.9 Å². The lowest BCUT2D eigenvalue weighted by Crippen LogP contribution is -2.34. The van der Waals surface area contributed by atoms with Crippen molar-refractivity contribution in [2.45, 2.75) is 39.3 Å². The number of ether oxygens (including phenoxy) is 1. The first-order valence-corrected chi connectivity index (χ1v) is 6.13. The number of hydrogen-bond acceptors (Lipinski definition) is 2. The first-order valence-electron chi connectivity index (χ1n) is 6.13. The summed E-state index contributed by atoms with van der Waals surface area (Å²) in [5.74, 6) is 0. The topological polar surface area (TPSA) is 21.3 Å². The Morgan fingerprint density at radius 3 is 2.75 bits per heavy atom. The van der Waals surface area contributed by atoms with Crippen molar-refractivity contribution in [2.75, 3.05) is 13.2 Å². The molecule has 2 nitrogen and oxygen atoms in total. The van der Waals surface area contributed by atoms with Gasteiger partial charge >= 0.3 is 0 Å². The predicted molar refractivity (Wildman–Crippen MR) is 66.6 cm³/mol. The third-order valence-corrected chi connectivity index (χ3v) is 3.52. The van der Waals surface area contributed by atoms with Gasteiger partial charge in [0, 0.05) is 25.8 Å². The van der Waals surface area contributed by atoms with E-state index < -0.39 is 0 Å². The summed E-state index contributed by atoms with van der Waals surface area (Å²) in [7, 11) is 0. The molecule has 1 fully saturated rings. The summed E-state index contributed by atoms with van der Waals surface area (Å²) < 4.78 is 5.35. The maximum Gasteiger partial charge on any atom is 0.0480 e. The second-order valence-corrected chi connectivity index (χ2v) is 4.63. The number of benzene rings is 1. The third-order valence-electron chi connectivity index (χ3n) is 3.52. The van der Waals surface area contributed by atoms with Crippen molar-refractivity contribution in [1.82, 2.24) is 5.32 Å². The highest BCUT2D eigenvalue weighted by Gasteiger charge is 2.13. The lowest BCUT2D eigenvalue weighted by Gasteiger charge is -2.23. The zero-order chi connectivity index (χ0) is 11.4. The fourth-order valence-electron chi connectivity index (χ4n) is 2.16. The van der Waals surface area contributed by atoms with Gasteiger partial charge in [0.25, 0.3) is 0 Å². The molecule has 0 amide bonds. The quantitative estimate of drug-likeness (QED) is 0.843. The van der Waals surface area contributed by atoms with Crippen molar-refractivity contribution in [3.8, 4) is 0 Å². The molecular formula is C14H21NO. The molecule has 1 aromatic rings. The third kappa shape index (κ3) is 2.83. The standard InChI is InChI=1S/C14H21NO/c1-11-4-3-5-13(12(11)2)10-15-14-6-8-16-9-7-14/h3-5,14-15H,6-10H2,1-2H3. The van der Waals surface area contributed by atoms with Crippen LogP contribution in [0.4, 0.5) is 0 Å². The Hall–Kier alpha value is -0.860. The van der Waals surface area contributed by atoms with Crippen LogP contribution in [0.2, 0.25) is 0 Å². The van der Waals surface area contributed by atoms with Gasteiger partial charge in [0.1, 0.15) is 0 Å². The first-order chi connectivity index (χ1) is 7.77. The van der Waals surface area contributed by atoms with E-state index in [-0.39, 0.29) is 0 Å². The molecule has 2 heteroatoms. The molecule has 0 atom stereocenters. The van der Waals surface area contributed by atoms with E-state index in [1.807, 2.05) is 0 Å². The summed E-state index contributed by atoms with van der Waals surface area (Å²) in [5, 5.41) is 3.63. The molecule has 16 heavy (non-hydrogen) atoms. The van der Waals surface area contributed by atoms with Crippen molar-refractivity contribution in [2.24, 2.45) is 0 Å². The molecule has 2 rings (SSSR count). The van der Waals surface area contributed by atoms with Crippen LogP contribution in [0.25, 0.3) is 0 Å². The van der Waals surface area contributed by atoms with Crippen LogP contribution in [0.15, 0.2) is 18.2 Å². The molecule has 88 valence electrons. The van der Waals surface area contributed by atoms with Gasteiger partial charge in [0.2, 0.25) is 0 Å². The molecule has 0 unspecified atom stereocenters. The monoisotopic (exact) mass is 219 g/mol. The molecule has 0 spiro atoms. The zero-order valence-corrected chi connectivity index (χ0v) is 10.3. The first kappa shape index (κ1) is 11.6. The van der Waals surface area contributed by atoms with Gasteiger partial charge in [-0.1, -0.05) is 18.2 Å². The highest BCUT2D eigenvalue weighted by atomic mass is 16.5. The normalized spacial score (nSPS) is 17.6. The maximum absolute atomic E-state index is 5.35. The largest absolute Gasteiger partial charge is 0.381 e. The average molecular weight is 219 g/mol. The summed E-state index contributed by atoms with van der Waals surface area (Å²) >= 11 is 0. The lowest BCUT2D eigenvalue weighted by molar-refractivity contribution is 0.0776. The van der Waals surface area contributed by atoms with Crippen molar-refractivity contribution >= 4 is 0 Å². The van der Waals surface area contributed by atoms with Gasteiger partial charge < -0.3 is 10.1 Å². The molecule has 0 bridgehead atoms. The molecule has 1 N–H and O–H groups in total. The van der Waals surface area contributed by atoms with Gasteiger partial charge in [-0.05, 0) is 43.4 Å². The van der Waals surface area contributed by atoms with E-state index in [0.29, 0.717) is 6.04 Å². The molecule has 1 heterocycles. The van der Waals surface area contributed by atoms with Crippen LogP contribution in [0.3, 0.4) is 0 Å². The second kappa shape index (κ2) is 5.46. The molecule has 1 aliphatic rings. The minimum atomic E-state index is 0.633. The maximum atomic E-state index is 5.35. The van der Waals surface area contributed by atoms with Gasteiger partial charge in [-0.3, -0.25) is 0 Å². The Labute approximate surface area is 98.0 Å². The van der Waals surface area contributed by atoms with E-state index in [1.165, 1.54) is 16.7 Å². The molecular weight excluding hydrogens is 198 g/mol. The van der Waals surface area contributed by atoms with Gasteiger partial charge in [-0.15, -0.1) is 0 Å². The van der Waals surface area contributed by atoms with E-state index in [0.717, 1.165) is 32.6 Å². The van der Waals surface area contributed by atoms with Gasteiger partial charge in [0.05, 0.1) is 0 Å². The zero-order valence-electron chi connectivity index (χ0n) is 10.3. The molecule has 0 saturated carbocycles. The van der Waals surface area contributed by atoms with E-state index in [9.17, 15) is 0 Å². The Morgan fingerprint density at radius 1 is 1.25 bits per heavy atom. The Morgan fingerprint density at radius 2 is 2.00 bits per heavy atom. The van der Waals surface area contributed by atoms with Crippen LogP contribution in [0.5, 0.6) is 0 Å². The van der Waals surface area contributed by atoms with E-state index in [2.05, 4.69) is 37.4 Å². The summed E-state index contributed by atoms with van der Waals surface area (Å²) in [6, 6.07) is 7.17. The van der Waals surface area contributed by atoms with E-state index >= 15 is 0 Å². The number of rotatable bonds is 3. The smallest absolute Gasteiger partial charge is 0.0480 e. The van der Waals surface area contributed by atoms with Crippen molar-refractivity contribution in [1.29, 1.82) is 0 Å². The second-order valence-electron chi connectivity index (χ2n) is 4.63. The van der Waals surface area contributed by atoms with Gasteiger partial charge in [-0.2, -0.15) is 0 Å². The van der Waals surface area contributed by atoms with Crippen molar-refractivity contribution in [3.63, 3.8) is 0 Å². The summed E-state index contributed by atoms with van der Waals surface area (Å²) in [4.78, 5) is 0. The van der Waals surface area contributed by atoms with Crippen LogP contribution >= 0.6 is 0 Å². The highest BCUT2D eigenvalue weighted by molar-refractivity contribution is 5.32. The van der Waals surface area contributed by atoms with E-state index in [4.69, 9.17) is 4.74 Å². The Kier molecular flexibility index (Phi) is 3.97. The van der Waals surface area contributed by atoms with Crippen LogP contribution in [-0.2, 0) is 11.3 Å². The minimum absolute atomic E-state index is 0.633. The fraction of sp³-hybridized carbons (Fsp3) is 0.571.